The molecule has 1 aliphatic rings. The van der Waals surface area contributed by atoms with Crippen molar-refractivity contribution in [3.05, 3.63) is 0 Å². The predicted octanol–water partition coefficient (Wildman–Crippen LogP) is 1.13. The van der Waals surface area contributed by atoms with Crippen LogP contribution in [-0.2, 0) is 4.74 Å². The van der Waals surface area contributed by atoms with Gasteiger partial charge in [0.05, 0.1) is 6.10 Å². The summed E-state index contributed by atoms with van der Waals surface area (Å²) in [5, 5.41) is 3.46. The average molecular weight is 200 g/mol. The zero-order valence-corrected chi connectivity index (χ0v) is 9.46. The monoisotopic (exact) mass is 200 g/mol. The lowest BCUT2D eigenvalue weighted by atomic mass is 10.00. The van der Waals surface area contributed by atoms with E-state index in [1.54, 1.807) is 0 Å². The maximum Gasteiger partial charge on any atom is 0.0613 e. The third kappa shape index (κ3) is 3.95. The van der Waals surface area contributed by atoms with E-state index < -0.39 is 0 Å². The number of nitrogens with two attached hydrogens (primary N) is 1. The summed E-state index contributed by atoms with van der Waals surface area (Å²) in [6, 6.07) is 0.310. The summed E-state index contributed by atoms with van der Waals surface area (Å²) in [5.74, 6) is 0.716. The molecule has 1 rings (SSSR count). The van der Waals surface area contributed by atoms with Crippen LogP contribution in [0.25, 0.3) is 0 Å². The Morgan fingerprint density at radius 2 is 2.36 bits per heavy atom. The predicted molar refractivity (Wildman–Crippen MR) is 59.3 cm³/mol. The Kier molecular flexibility index (Phi) is 5.45. The van der Waals surface area contributed by atoms with Crippen molar-refractivity contribution < 1.29 is 4.74 Å². The van der Waals surface area contributed by atoms with Gasteiger partial charge in [0.15, 0.2) is 0 Å². The van der Waals surface area contributed by atoms with Gasteiger partial charge in [-0.1, -0.05) is 6.92 Å². The van der Waals surface area contributed by atoms with Crippen molar-refractivity contribution >= 4 is 0 Å². The third-order valence-corrected chi connectivity index (χ3v) is 2.93. The quantitative estimate of drug-likeness (QED) is 0.632. The minimum atomic E-state index is 0.310. The van der Waals surface area contributed by atoms with Gasteiger partial charge in [0.2, 0.25) is 0 Å². The molecule has 0 amide bonds. The second-order valence-corrected chi connectivity index (χ2v) is 4.34. The molecule has 1 heterocycles. The molecule has 0 spiro atoms. The van der Waals surface area contributed by atoms with Crippen molar-refractivity contribution in [2.75, 3.05) is 19.7 Å². The highest BCUT2D eigenvalue weighted by Gasteiger charge is 2.25. The molecule has 3 heteroatoms. The van der Waals surface area contributed by atoms with E-state index in [1.807, 2.05) is 0 Å². The van der Waals surface area contributed by atoms with Gasteiger partial charge in [0.25, 0.3) is 0 Å². The normalized spacial score (nSPS) is 29.4. The molecule has 0 aromatic rings. The van der Waals surface area contributed by atoms with Crippen molar-refractivity contribution in [2.24, 2.45) is 11.7 Å². The maximum atomic E-state index is 5.68. The van der Waals surface area contributed by atoms with Crippen LogP contribution in [0.5, 0.6) is 0 Å². The Hall–Kier alpha value is -0.120. The molecule has 0 aliphatic carbocycles. The Labute approximate surface area is 87.4 Å². The summed E-state index contributed by atoms with van der Waals surface area (Å²) in [7, 11) is 0. The minimum absolute atomic E-state index is 0.310. The summed E-state index contributed by atoms with van der Waals surface area (Å²) < 4.78 is 5.63. The van der Waals surface area contributed by atoms with Crippen LogP contribution >= 0.6 is 0 Å². The fourth-order valence-corrected chi connectivity index (χ4v) is 1.99. The Morgan fingerprint density at radius 3 is 3.00 bits per heavy atom. The van der Waals surface area contributed by atoms with Crippen molar-refractivity contribution in [1.29, 1.82) is 0 Å². The SMILES string of the molecule is CCC1OCCC1CNCCC(C)N. The standard InChI is InChI=1S/C11H24N2O/c1-3-11-10(5-7-14-11)8-13-6-4-9(2)12/h9-11,13H,3-8,12H2,1-2H3. The molecule has 3 unspecified atom stereocenters. The first-order valence-corrected chi connectivity index (χ1v) is 5.82. The van der Waals surface area contributed by atoms with E-state index in [-0.39, 0.29) is 0 Å². The second kappa shape index (κ2) is 6.38. The summed E-state index contributed by atoms with van der Waals surface area (Å²) in [4.78, 5) is 0. The van der Waals surface area contributed by atoms with Gasteiger partial charge < -0.3 is 15.8 Å². The van der Waals surface area contributed by atoms with Gasteiger partial charge in [-0.2, -0.15) is 0 Å². The lowest BCUT2D eigenvalue weighted by molar-refractivity contribution is 0.0873. The highest BCUT2D eigenvalue weighted by atomic mass is 16.5. The van der Waals surface area contributed by atoms with E-state index in [1.165, 1.54) is 6.42 Å². The van der Waals surface area contributed by atoms with Gasteiger partial charge >= 0.3 is 0 Å². The van der Waals surface area contributed by atoms with Crippen LogP contribution in [0.4, 0.5) is 0 Å². The van der Waals surface area contributed by atoms with Crippen LogP contribution in [-0.4, -0.2) is 31.8 Å². The molecule has 14 heavy (non-hydrogen) atoms. The van der Waals surface area contributed by atoms with Crippen molar-refractivity contribution in [1.82, 2.24) is 5.32 Å². The second-order valence-electron chi connectivity index (χ2n) is 4.34. The lowest BCUT2D eigenvalue weighted by Crippen LogP contribution is -2.31. The van der Waals surface area contributed by atoms with Gasteiger partial charge in [0.1, 0.15) is 0 Å². The Morgan fingerprint density at radius 1 is 1.57 bits per heavy atom. The number of hydrogen-bond donors (Lipinski definition) is 2. The molecule has 3 nitrogen and oxygen atoms in total. The lowest BCUT2D eigenvalue weighted by Gasteiger charge is -2.17. The first kappa shape index (κ1) is 12.0. The molecule has 0 radical (unpaired) electrons. The van der Waals surface area contributed by atoms with Gasteiger partial charge in [0, 0.05) is 19.2 Å². The molecular weight excluding hydrogens is 176 g/mol. The molecule has 0 aromatic carbocycles. The van der Waals surface area contributed by atoms with Crippen molar-refractivity contribution in [3.63, 3.8) is 0 Å². The molecule has 0 bridgehead atoms. The molecule has 3 atom stereocenters. The first-order valence-electron chi connectivity index (χ1n) is 5.82. The van der Waals surface area contributed by atoms with Crippen molar-refractivity contribution in [2.45, 2.75) is 45.3 Å². The average Bonchev–Trinajstić information content (AvgIpc) is 2.59. The molecule has 3 N–H and O–H groups in total. The highest BCUT2D eigenvalue weighted by molar-refractivity contribution is 4.77. The number of ether oxygens (including phenoxy) is 1. The zero-order valence-electron chi connectivity index (χ0n) is 9.46. The van der Waals surface area contributed by atoms with Gasteiger partial charge in [-0.3, -0.25) is 0 Å². The van der Waals surface area contributed by atoms with E-state index in [0.717, 1.165) is 32.5 Å². The van der Waals surface area contributed by atoms with Crippen LogP contribution in [0.3, 0.4) is 0 Å². The molecule has 0 saturated carbocycles. The fraction of sp³-hybridized carbons (Fsp3) is 1.00. The summed E-state index contributed by atoms with van der Waals surface area (Å²) in [6.07, 6.45) is 3.89. The summed E-state index contributed by atoms with van der Waals surface area (Å²) >= 11 is 0. The molecular formula is C11H24N2O. The number of nitrogens with one attached hydrogen (secondary N) is 1. The Bertz CT molecular complexity index is 150. The van der Waals surface area contributed by atoms with Crippen LogP contribution < -0.4 is 11.1 Å². The topological polar surface area (TPSA) is 47.3 Å². The molecule has 1 aliphatic heterocycles. The summed E-state index contributed by atoms with van der Waals surface area (Å²) in [6.45, 7) is 7.31. The molecule has 0 aromatic heterocycles. The van der Waals surface area contributed by atoms with E-state index >= 15 is 0 Å². The van der Waals surface area contributed by atoms with Gasteiger partial charge in [-0.15, -0.1) is 0 Å². The van der Waals surface area contributed by atoms with Crippen LogP contribution in [0.2, 0.25) is 0 Å². The van der Waals surface area contributed by atoms with Crippen LogP contribution in [0, 0.1) is 5.92 Å². The van der Waals surface area contributed by atoms with Crippen LogP contribution in [0.15, 0.2) is 0 Å². The van der Waals surface area contributed by atoms with Gasteiger partial charge in [-0.25, -0.2) is 0 Å². The third-order valence-electron chi connectivity index (χ3n) is 2.93. The van der Waals surface area contributed by atoms with E-state index in [0.29, 0.717) is 18.1 Å². The highest BCUT2D eigenvalue weighted by Crippen LogP contribution is 2.22. The van der Waals surface area contributed by atoms with Gasteiger partial charge in [-0.05, 0) is 38.6 Å². The zero-order chi connectivity index (χ0) is 10.4. The minimum Gasteiger partial charge on any atom is -0.378 e. The largest absolute Gasteiger partial charge is 0.378 e. The first-order chi connectivity index (χ1) is 6.74. The fourth-order valence-electron chi connectivity index (χ4n) is 1.99. The number of hydrogen-bond acceptors (Lipinski definition) is 3. The van der Waals surface area contributed by atoms with Crippen molar-refractivity contribution in [3.8, 4) is 0 Å². The molecule has 84 valence electrons. The number of rotatable bonds is 6. The van der Waals surface area contributed by atoms with Crippen LogP contribution in [0.1, 0.15) is 33.1 Å². The molecule has 1 saturated heterocycles. The van der Waals surface area contributed by atoms with E-state index in [2.05, 4.69) is 19.2 Å². The summed E-state index contributed by atoms with van der Waals surface area (Å²) in [5.41, 5.74) is 5.68. The molecule has 1 fully saturated rings. The Balaban J connectivity index is 2.05. The van der Waals surface area contributed by atoms with E-state index in [4.69, 9.17) is 10.5 Å². The maximum absolute atomic E-state index is 5.68. The smallest absolute Gasteiger partial charge is 0.0613 e. The van der Waals surface area contributed by atoms with E-state index in [9.17, 15) is 0 Å².